The number of hydrogen-bond acceptors (Lipinski definition) is 2. The van der Waals surface area contributed by atoms with Crippen LogP contribution in [0, 0.1) is 23.1 Å². The molecule has 0 heterocycles. The van der Waals surface area contributed by atoms with Crippen LogP contribution in [0.25, 0.3) is 0 Å². The highest BCUT2D eigenvalue weighted by molar-refractivity contribution is 5.37. The molecule has 0 saturated heterocycles. The van der Waals surface area contributed by atoms with Crippen LogP contribution in [0.5, 0.6) is 0 Å². The van der Waals surface area contributed by atoms with Gasteiger partial charge >= 0.3 is 0 Å². The van der Waals surface area contributed by atoms with Gasteiger partial charge in [0.1, 0.15) is 5.82 Å². The van der Waals surface area contributed by atoms with Crippen molar-refractivity contribution < 1.29 is 9.13 Å². The van der Waals surface area contributed by atoms with E-state index in [1.165, 1.54) is 18.2 Å². The highest BCUT2D eigenvalue weighted by Gasteiger charge is 2.09. The molecule has 0 radical (unpaired) electrons. The largest absolute Gasteiger partial charge is 0.374 e. The van der Waals surface area contributed by atoms with Crippen LogP contribution in [0.4, 0.5) is 4.39 Å². The maximum Gasteiger partial charge on any atom is 0.123 e. The van der Waals surface area contributed by atoms with Crippen LogP contribution in [0.2, 0.25) is 0 Å². The second-order valence-corrected chi connectivity index (χ2v) is 4.17. The number of ether oxygens (including phenoxy) is 1. The van der Waals surface area contributed by atoms with Crippen molar-refractivity contribution in [2.24, 2.45) is 5.92 Å². The molecule has 1 atom stereocenters. The molecule has 3 heteroatoms. The van der Waals surface area contributed by atoms with Gasteiger partial charge < -0.3 is 4.74 Å². The van der Waals surface area contributed by atoms with E-state index in [-0.39, 0.29) is 18.5 Å². The molecule has 86 valence electrons. The lowest BCUT2D eigenvalue weighted by Gasteiger charge is -2.16. The lowest BCUT2D eigenvalue weighted by atomic mass is 10.1. The van der Waals surface area contributed by atoms with Crippen LogP contribution >= 0.6 is 0 Å². The van der Waals surface area contributed by atoms with Gasteiger partial charge in [-0.05, 0) is 36.6 Å². The molecule has 0 aliphatic heterocycles. The van der Waals surface area contributed by atoms with Crippen molar-refractivity contribution >= 4 is 0 Å². The molecule has 0 aliphatic rings. The zero-order valence-electron chi connectivity index (χ0n) is 9.83. The molecule has 0 bridgehead atoms. The van der Waals surface area contributed by atoms with Crippen molar-refractivity contribution in [3.8, 4) is 6.07 Å². The molecule has 2 nitrogen and oxygen atoms in total. The summed E-state index contributed by atoms with van der Waals surface area (Å²) in [4.78, 5) is 0. The molecule has 1 unspecified atom stereocenters. The molecule has 0 fully saturated rings. The van der Waals surface area contributed by atoms with Crippen molar-refractivity contribution in [3.05, 3.63) is 35.1 Å². The Morgan fingerprint density at radius 2 is 2.06 bits per heavy atom. The Labute approximate surface area is 95.7 Å². The van der Waals surface area contributed by atoms with Crippen molar-refractivity contribution in [1.29, 1.82) is 5.26 Å². The molecule has 0 N–H and O–H groups in total. The van der Waals surface area contributed by atoms with Crippen LogP contribution in [0.15, 0.2) is 18.2 Å². The van der Waals surface area contributed by atoms with Gasteiger partial charge in [0.05, 0.1) is 24.3 Å². The first-order valence-electron chi connectivity index (χ1n) is 5.34. The third kappa shape index (κ3) is 3.32. The fourth-order valence-corrected chi connectivity index (χ4v) is 1.20. The zero-order chi connectivity index (χ0) is 12.1. The maximum atomic E-state index is 13.0. The standard InChI is InChI=1S/C13H16FNO/c1-9(2)10(3)16-8-12-6-13(14)5-4-11(12)7-15/h4-6,9-10H,8H2,1-3H3. The third-order valence-corrected chi connectivity index (χ3v) is 2.63. The molecule has 0 amide bonds. The second kappa shape index (κ2) is 5.62. The van der Waals surface area contributed by atoms with Crippen molar-refractivity contribution in [1.82, 2.24) is 0 Å². The third-order valence-electron chi connectivity index (χ3n) is 2.63. The van der Waals surface area contributed by atoms with Gasteiger partial charge in [-0.25, -0.2) is 4.39 Å². The summed E-state index contributed by atoms with van der Waals surface area (Å²) in [6, 6.07) is 6.15. The normalized spacial score (nSPS) is 12.5. The Bertz CT molecular complexity index is 395. The molecule has 16 heavy (non-hydrogen) atoms. The number of hydrogen-bond donors (Lipinski definition) is 0. The number of rotatable bonds is 4. The molecule has 0 saturated carbocycles. The summed E-state index contributed by atoms with van der Waals surface area (Å²) in [6.07, 6.45) is 0.0924. The summed E-state index contributed by atoms with van der Waals surface area (Å²) >= 11 is 0. The fourth-order valence-electron chi connectivity index (χ4n) is 1.20. The summed E-state index contributed by atoms with van der Waals surface area (Å²) in [5, 5.41) is 8.86. The summed E-state index contributed by atoms with van der Waals surface area (Å²) < 4.78 is 18.6. The Kier molecular flexibility index (Phi) is 4.45. The first kappa shape index (κ1) is 12.7. The predicted molar refractivity (Wildman–Crippen MR) is 60.2 cm³/mol. The van der Waals surface area contributed by atoms with Crippen LogP contribution in [-0.4, -0.2) is 6.10 Å². The Hall–Kier alpha value is -1.40. The van der Waals surface area contributed by atoms with Crippen molar-refractivity contribution in [2.45, 2.75) is 33.5 Å². The summed E-state index contributed by atoms with van der Waals surface area (Å²) in [5.74, 6) is 0.0638. The van der Waals surface area contributed by atoms with E-state index in [0.29, 0.717) is 17.0 Å². The molecule has 1 rings (SSSR count). The van der Waals surface area contributed by atoms with Gasteiger partial charge in [-0.15, -0.1) is 0 Å². The van der Waals surface area contributed by atoms with Gasteiger partial charge in [-0.3, -0.25) is 0 Å². The summed E-state index contributed by atoms with van der Waals surface area (Å²) in [6.45, 7) is 6.36. The van der Waals surface area contributed by atoms with Gasteiger partial charge in [-0.1, -0.05) is 13.8 Å². The minimum atomic E-state index is -0.338. The van der Waals surface area contributed by atoms with Crippen LogP contribution in [-0.2, 0) is 11.3 Å². The smallest absolute Gasteiger partial charge is 0.123 e. The molecule has 0 aromatic heterocycles. The van der Waals surface area contributed by atoms with Gasteiger partial charge in [0, 0.05) is 0 Å². The second-order valence-electron chi connectivity index (χ2n) is 4.17. The fraction of sp³-hybridized carbons (Fsp3) is 0.462. The molecular weight excluding hydrogens is 205 g/mol. The number of nitriles is 1. The van der Waals surface area contributed by atoms with Gasteiger partial charge in [0.25, 0.3) is 0 Å². The van der Waals surface area contributed by atoms with Crippen LogP contribution in [0.3, 0.4) is 0 Å². The quantitative estimate of drug-likeness (QED) is 0.781. The number of nitrogens with zero attached hydrogens (tertiary/aromatic N) is 1. The first-order valence-corrected chi connectivity index (χ1v) is 5.34. The van der Waals surface area contributed by atoms with E-state index in [0.717, 1.165) is 0 Å². The van der Waals surface area contributed by atoms with Crippen molar-refractivity contribution in [2.75, 3.05) is 0 Å². The Morgan fingerprint density at radius 1 is 1.38 bits per heavy atom. The maximum absolute atomic E-state index is 13.0. The lowest BCUT2D eigenvalue weighted by molar-refractivity contribution is 0.0233. The van der Waals surface area contributed by atoms with E-state index in [2.05, 4.69) is 13.8 Å². The van der Waals surface area contributed by atoms with E-state index >= 15 is 0 Å². The molecule has 1 aromatic rings. The SMILES string of the molecule is CC(C)C(C)OCc1cc(F)ccc1C#N. The summed E-state index contributed by atoms with van der Waals surface area (Å²) in [5.41, 5.74) is 1.08. The van der Waals surface area contributed by atoms with Gasteiger partial charge in [-0.2, -0.15) is 5.26 Å². The number of benzene rings is 1. The van der Waals surface area contributed by atoms with E-state index in [4.69, 9.17) is 10.00 Å². The summed E-state index contributed by atoms with van der Waals surface area (Å²) in [7, 11) is 0. The predicted octanol–water partition coefficient (Wildman–Crippen LogP) is 3.26. The van der Waals surface area contributed by atoms with Crippen LogP contribution in [0.1, 0.15) is 31.9 Å². The monoisotopic (exact) mass is 221 g/mol. The minimum absolute atomic E-state index is 0.0924. The van der Waals surface area contributed by atoms with Crippen molar-refractivity contribution in [3.63, 3.8) is 0 Å². The molecule has 1 aromatic carbocycles. The van der Waals surface area contributed by atoms with Gasteiger partial charge in [0.15, 0.2) is 0 Å². The van der Waals surface area contributed by atoms with E-state index in [1.54, 1.807) is 0 Å². The average Bonchev–Trinajstić information content (AvgIpc) is 2.25. The van der Waals surface area contributed by atoms with E-state index in [9.17, 15) is 4.39 Å². The van der Waals surface area contributed by atoms with E-state index < -0.39 is 0 Å². The topological polar surface area (TPSA) is 33.0 Å². The molecular formula is C13H16FNO. The molecule has 0 spiro atoms. The lowest BCUT2D eigenvalue weighted by Crippen LogP contribution is -2.15. The Morgan fingerprint density at radius 3 is 2.62 bits per heavy atom. The average molecular weight is 221 g/mol. The van der Waals surface area contributed by atoms with Gasteiger partial charge in [0.2, 0.25) is 0 Å². The highest BCUT2D eigenvalue weighted by atomic mass is 19.1. The van der Waals surface area contributed by atoms with E-state index in [1.807, 2.05) is 13.0 Å². The zero-order valence-corrected chi connectivity index (χ0v) is 9.83. The highest BCUT2D eigenvalue weighted by Crippen LogP contribution is 2.14. The number of halogens is 1. The van der Waals surface area contributed by atoms with Crippen LogP contribution < -0.4 is 0 Å². The first-order chi connectivity index (χ1) is 7.54. The Balaban J connectivity index is 2.73. The minimum Gasteiger partial charge on any atom is -0.374 e. The molecule has 0 aliphatic carbocycles.